The summed E-state index contributed by atoms with van der Waals surface area (Å²) in [5.74, 6) is -3.67. The van der Waals surface area contributed by atoms with Crippen LogP contribution < -0.4 is 11.1 Å². The van der Waals surface area contributed by atoms with Crippen molar-refractivity contribution in [2.24, 2.45) is 5.73 Å². The van der Waals surface area contributed by atoms with Crippen molar-refractivity contribution in [3.8, 4) is 0 Å². The lowest BCUT2D eigenvalue weighted by Crippen LogP contribution is -2.40. The highest BCUT2D eigenvalue weighted by atomic mass is 19.2. The van der Waals surface area contributed by atoms with Gasteiger partial charge in [-0.25, -0.2) is 13.2 Å². The molecule has 0 aliphatic heterocycles. The Morgan fingerprint density at radius 2 is 1.70 bits per heavy atom. The van der Waals surface area contributed by atoms with Crippen LogP contribution in [0.3, 0.4) is 0 Å². The molecule has 7 heteroatoms. The molecular weight excluding hydrogens is 357 g/mol. The number of carbonyl (C=O) groups excluding carboxylic acids is 1. The number of carbonyl (C=O) groups is 1. The third kappa shape index (κ3) is 6.69. The predicted molar refractivity (Wildman–Crippen MR) is 96.4 cm³/mol. The Morgan fingerprint density at radius 1 is 1.04 bits per heavy atom. The van der Waals surface area contributed by atoms with E-state index in [9.17, 15) is 23.1 Å². The molecule has 0 bridgehead atoms. The topological polar surface area (TPSA) is 75.4 Å². The molecule has 2 aromatic rings. The molecule has 0 saturated heterocycles. The SMILES string of the molecule is N[C@@H](CC(=O)NC(CCO)Cc1ccccc1)Cc1cc(F)c(F)cc1F. The Bertz CT molecular complexity index is 756. The van der Waals surface area contributed by atoms with Crippen LogP contribution in [0.1, 0.15) is 24.0 Å². The lowest BCUT2D eigenvalue weighted by atomic mass is 10.0. The molecule has 27 heavy (non-hydrogen) atoms. The number of aliphatic hydroxyl groups is 1. The maximum atomic E-state index is 13.7. The average Bonchev–Trinajstić information content (AvgIpc) is 2.60. The summed E-state index contributed by atoms with van der Waals surface area (Å²) in [6.07, 6.45) is 0.739. The summed E-state index contributed by atoms with van der Waals surface area (Å²) >= 11 is 0. The van der Waals surface area contributed by atoms with Gasteiger partial charge in [0, 0.05) is 31.2 Å². The van der Waals surface area contributed by atoms with E-state index < -0.39 is 23.5 Å². The first-order chi connectivity index (χ1) is 12.9. The second-order valence-electron chi connectivity index (χ2n) is 6.49. The number of aliphatic hydroxyl groups excluding tert-OH is 1. The summed E-state index contributed by atoms with van der Waals surface area (Å²) in [7, 11) is 0. The minimum absolute atomic E-state index is 0.0783. The first-order valence-electron chi connectivity index (χ1n) is 8.72. The highest BCUT2D eigenvalue weighted by Gasteiger charge is 2.18. The van der Waals surface area contributed by atoms with E-state index in [1.165, 1.54) is 0 Å². The zero-order chi connectivity index (χ0) is 19.8. The molecule has 2 rings (SSSR count). The van der Waals surface area contributed by atoms with Crippen LogP contribution in [0, 0.1) is 17.5 Å². The summed E-state index contributed by atoms with van der Waals surface area (Å²) in [5, 5.41) is 12.0. The highest BCUT2D eigenvalue weighted by Crippen LogP contribution is 2.16. The molecule has 0 aliphatic rings. The quantitative estimate of drug-likeness (QED) is 0.585. The number of hydrogen-bond acceptors (Lipinski definition) is 3. The van der Waals surface area contributed by atoms with Crippen molar-refractivity contribution >= 4 is 5.91 Å². The molecule has 0 spiro atoms. The van der Waals surface area contributed by atoms with Gasteiger partial charge in [0.25, 0.3) is 0 Å². The van der Waals surface area contributed by atoms with Gasteiger partial charge in [-0.05, 0) is 36.5 Å². The fourth-order valence-electron chi connectivity index (χ4n) is 2.88. The van der Waals surface area contributed by atoms with Crippen LogP contribution in [0.4, 0.5) is 13.2 Å². The van der Waals surface area contributed by atoms with Crippen molar-refractivity contribution in [1.82, 2.24) is 5.32 Å². The minimum Gasteiger partial charge on any atom is -0.396 e. The predicted octanol–water partition coefficient (Wildman–Crippen LogP) is 2.47. The lowest BCUT2D eigenvalue weighted by molar-refractivity contribution is -0.122. The first kappa shape index (κ1) is 20.9. The van der Waals surface area contributed by atoms with Crippen LogP contribution >= 0.6 is 0 Å². The van der Waals surface area contributed by atoms with Crippen molar-refractivity contribution in [3.05, 3.63) is 71.0 Å². The van der Waals surface area contributed by atoms with Crippen LogP contribution in [0.5, 0.6) is 0 Å². The standard InChI is InChI=1S/C20H23F3N2O2/c21-17-12-19(23)18(22)10-14(17)9-15(24)11-20(27)25-16(6-7-26)8-13-4-2-1-3-5-13/h1-5,10,12,15-16,26H,6-9,11,24H2,(H,25,27)/t15-,16?/m1/s1. The van der Waals surface area contributed by atoms with Gasteiger partial charge in [-0.1, -0.05) is 30.3 Å². The van der Waals surface area contributed by atoms with Crippen molar-refractivity contribution in [3.63, 3.8) is 0 Å². The van der Waals surface area contributed by atoms with Gasteiger partial charge in [0.15, 0.2) is 11.6 Å². The van der Waals surface area contributed by atoms with Crippen LogP contribution in [0.25, 0.3) is 0 Å². The van der Waals surface area contributed by atoms with Gasteiger partial charge in [0.2, 0.25) is 5.91 Å². The van der Waals surface area contributed by atoms with Gasteiger partial charge >= 0.3 is 0 Å². The summed E-state index contributed by atoms with van der Waals surface area (Å²) in [6, 6.07) is 9.72. The van der Waals surface area contributed by atoms with Crippen molar-refractivity contribution < 1.29 is 23.1 Å². The Balaban J connectivity index is 1.91. The summed E-state index contributed by atoms with van der Waals surface area (Å²) in [6.45, 7) is -0.0795. The van der Waals surface area contributed by atoms with Gasteiger partial charge < -0.3 is 16.2 Å². The summed E-state index contributed by atoms with van der Waals surface area (Å²) < 4.78 is 39.9. The third-order valence-corrected chi connectivity index (χ3v) is 4.19. The molecule has 0 aliphatic carbocycles. The molecule has 1 unspecified atom stereocenters. The van der Waals surface area contributed by atoms with Crippen LogP contribution in [0.15, 0.2) is 42.5 Å². The van der Waals surface area contributed by atoms with Crippen LogP contribution in [0.2, 0.25) is 0 Å². The molecule has 2 atom stereocenters. The van der Waals surface area contributed by atoms with Gasteiger partial charge in [-0.3, -0.25) is 4.79 Å². The molecule has 2 aromatic carbocycles. The smallest absolute Gasteiger partial charge is 0.221 e. The molecule has 1 amide bonds. The van der Waals surface area contributed by atoms with E-state index in [1.54, 1.807) is 0 Å². The Hall–Kier alpha value is -2.38. The van der Waals surface area contributed by atoms with E-state index in [2.05, 4.69) is 5.32 Å². The molecule has 0 aromatic heterocycles. The van der Waals surface area contributed by atoms with Gasteiger partial charge in [-0.15, -0.1) is 0 Å². The molecule has 4 nitrogen and oxygen atoms in total. The zero-order valence-corrected chi connectivity index (χ0v) is 14.8. The van der Waals surface area contributed by atoms with E-state index in [0.29, 0.717) is 18.9 Å². The lowest BCUT2D eigenvalue weighted by Gasteiger charge is -2.19. The highest BCUT2D eigenvalue weighted by molar-refractivity contribution is 5.77. The van der Waals surface area contributed by atoms with E-state index >= 15 is 0 Å². The maximum absolute atomic E-state index is 13.7. The van der Waals surface area contributed by atoms with Crippen molar-refractivity contribution in [2.75, 3.05) is 6.61 Å². The number of nitrogens with two attached hydrogens (primary N) is 1. The van der Waals surface area contributed by atoms with E-state index in [1.807, 2.05) is 30.3 Å². The molecule has 0 fully saturated rings. The number of hydrogen-bond donors (Lipinski definition) is 3. The maximum Gasteiger partial charge on any atom is 0.221 e. The average molecular weight is 380 g/mol. The number of amides is 1. The monoisotopic (exact) mass is 380 g/mol. The Kier molecular flexibility index (Phi) is 7.82. The zero-order valence-electron chi connectivity index (χ0n) is 14.8. The number of halogens is 3. The fraction of sp³-hybridized carbons (Fsp3) is 0.350. The van der Waals surface area contributed by atoms with Gasteiger partial charge in [0.05, 0.1) is 0 Å². The molecule has 0 heterocycles. The third-order valence-electron chi connectivity index (χ3n) is 4.19. The second-order valence-corrected chi connectivity index (χ2v) is 6.49. The van der Waals surface area contributed by atoms with E-state index in [-0.39, 0.29) is 37.0 Å². The fourth-order valence-corrected chi connectivity index (χ4v) is 2.88. The van der Waals surface area contributed by atoms with Crippen molar-refractivity contribution in [2.45, 2.75) is 37.8 Å². The van der Waals surface area contributed by atoms with Crippen LogP contribution in [-0.4, -0.2) is 29.7 Å². The van der Waals surface area contributed by atoms with E-state index in [4.69, 9.17) is 5.73 Å². The molecule has 0 radical (unpaired) electrons. The van der Waals surface area contributed by atoms with E-state index in [0.717, 1.165) is 11.6 Å². The number of nitrogens with one attached hydrogen (secondary N) is 1. The molecular formula is C20H23F3N2O2. The Morgan fingerprint density at radius 3 is 2.37 bits per heavy atom. The van der Waals surface area contributed by atoms with Gasteiger partial charge in [-0.2, -0.15) is 0 Å². The second kappa shape index (κ2) is 10.1. The first-order valence-corrected chi connectivity index (χ1v) is 8.72. The number of rotatable bonds is 9. The van der Waals surface area contributed by atoms with Gasteiger partial charge in [0.1, 0.15) is 5.82 Å². The largest absolute Gasteiger partial charge is 0.396 e. The van der Waals surface area contributed by atoms with Crippen molar-refractivity contribution in [1.29, 1.82) is 0 Å². The normalized spacial score (nSPS) is 13.2. The summed E-state index contributed by atoms with van der Waals surface area (Å²) in [5.41, 5.74) is 6.81. The van der Waals surface area contributed by atoms with Crippen LogP contribution in [-0.2, 0) is 17.6 Å². The molecule has 4 N–H and O–H groups in total. The minimum atomic E-state index is -1.27. The molecule has 146 valence electrons. The number of benzene rings is 2. The Labute approximate surface area is 156 Å². The molecule has 0 saturated carbocycles. The summed E-state index contributed by atoms with van der Waals surface area (Å²) in [4.78, 5) is 12.2.